The number of alkyl halides is 3. The molecule has 1 aromatic heterocycles. The molecule has 0 spiro atoms. The van der Waals surface area contributed by atoms with Crippen molar-refractivity contribution in [2.45, 2.75) is 70.1 Å². The lowest BCUT2D eigenvalue weighted by atomic mass is 10.1. The van der Waals surface area contributed by atoms with Crippen molar-refractivity contribution >= 4 is 6.09 Å². The van der Waals surface area contributed by atoms with Crippen LogP contribution in [0.5, 0.6) is 0 Å². The normalized spacial score (nSPS) is 28.1. The molecule has 1 amide bonds. The van der Waals surface area contributed by atoms with Crippen LogP contribution in [-0.4, -0.2) is 47.5 Å². The third-order valence-corrected chi connectivity index (χ3v) is 4.43. The van der Waals surface area contributed by atoms with E-state index in [4.69, 9.17) is 13.9 Å². The van der Waals surface area contributed by atoms with Gasteiger partial charge in [-0.3, -0.25) is 4.74 Å². The Morgan fingerprint density at radius 2 is 1.93 bits per heavy atom. The molecule has 11 heteroatoms. The number of hydrogen-bond acceptors (Lipinski definition) is 7. The first kappa shape index (κ1) is 20.8. The van der Waals surface area contributed by atoms with Gasteiger partial charge in [0, 0.05) is 5.92 Å². The van der Waals surface area contributed by atoms with Gasteiger partial charge in [0.25, 0.3) is 0 Å². The van der Waals surface area contributed by atoms with E-state index in [0.29, 0.717) is 31.0 Å². The highest BCUT2D eigenvalue weighted by atomic mass is 19.4. The summed E-state index contributed by atoms with van der Waals surface area (Å²) >= 11 is 0. The Morgan fingerprint density at radius 1 is 1.21 bits per heavy atom. The van der Waals surface area contributed by atoms with Crippen LogP contribution in [0.15, 0.2) is 4.42 Å². The van der Waals surface area contributed by atoms with Gasteiger partial charge in [0.2, 0.25) is 11.8 Å². The van der Waals surface area contributed by atoms with Crippen molar-refractivity contribution in [2.75, 3.05) is 13.2 Å². The van der Waals surface area contributed by atoms with Crippen LogP contribution in [-0.2, 0) is 14.2 Å². The maximum absolute atomic E-state index is 12.1. The fraction of sp³-hybridized carbons (Fsp3) is 0.824. The second kappa shape index (κ2) is 7.86. The molecular formula is C17H24F3N3O5. The Kier molecular flexibility index (Phi) is 5.85. The monoisotopic (exact) mass is 407 g/mol. The number of ether oxygens (including phenoxy) is 3. The molecule has 28 heavy (non-hydrogen) atoms. The van der Waals surface area contributed by atoms with Crippen LogP contribution in [0, 0.1) is 5.92 Å². The van der Waals surface area contributed by atoms with Gasteiger partial charge >= 0.3 is 12.5 Å². The summed E-state index contributed by atoms with van der Waals surface area (Å²) in [4.78, 5) is 11.8. The molecule has 0 radical (unpaired) electrons. The highest BCUT2D eigenvalue weighted by molar-refractivity contribution is 5.68. The highest BCUT2D eigenvalue weighted by Crippen LogP contribution is 2.48. The minimum absolute atomic E-state index is 0.180. The Balaban J connectivity index is 1.43. The summed E-state index contributed by atoms with van der Waals surface area (Å²) in [6, 6.07) is -0.180. The molecule has 1 aliphatic heterocycles. The first-order chi connectivity index (χ1) is 13.0. The van der Waals surface area contributed by atoms with Crippen molar-refractivity contribution in [1.29, 1.82) is 0 Å². The molecule has 1 saturated heterocycles. The van der Waals surface area contributed by atoms with E-state index < -0.39 is 30.8 Å². The van der Waals surface area contributed by atoms with Gasteiger partial charge in [-0.1, -0.05) is 0 Å². The molecular weight excluding hydrogens is 383 g/mol. The lowest BCUT2D eigenvalue weighted by Crippen LogP contribution is -2.43. The summed E-state index contributed by atoms with van der Waals surface area (Å²) in [5, 5.41) is 10.6. The Labute approximate surface area is 160 Å². The Hall–Kier alpha value is -1.88. The highest BCUT2D eigenvalue weighted by Gasteiger charge is 2.45. The van der Waals surface area contributed by atoms with E-state index in [9.17, 15) is 18.0 Å². The molecule has 0 aromatic carbocycles. The van der Waals surface area contributed by atoms with Gasteiger partial charge in [0.1, 0.15) is 11.7 Å². The first-order valence-corrected chi connectivity index (χ1v) is 9.15. The molecule has 1 aliphatic carbocycles. The van der Waals surface area contributed by atoms with E-state index in [1.807, 2.05) is 0 Å². The molecule has 2 fully saturated rings. The van der Waals surface area contributed by atoms with Crippen molar-refractivity contribution < 1.29 is 36.6 Å². The Morgan fingerprint density at radius 3 is 2.54 bits per heavy atom. The van der Waals surface area contributed by atoms with Crippen molar-refractivity contribution in [1.82, 2.24) is 15.5 Å². The molecule has 4 atom stereocenters. The SMILES string of the molecule is CC(C)(C)OC(=O)N[C@@H]1CC[C@@H](c2nnc([C@@H]3C[C@H]3COC(F)(F)F)o2)OC1. The van der Waals surface area contributed by atoms with E-state index in [1.54, 1.807) is 20.8 Å². The van der Waals surface area contributed by atoms with Crippen LogP contribution in [0.4, 0.5) is 18.0 Å². The summed E-state index contributed by atoms with van der Waals surface area (Å²) in [5.41, 5.74) is -0.575. The van der Waals surface area contributed by atoms with Gasteiger partial charge in [-0.15, -0.1) is 23.4 Å². The zero-order valence-electron chi connectivity index (χ0n) is 15.9. The number of halogens is 3. The molecule has 2 aliphatic rings. The van der Waals surface area contributed by atoms with Crippen molar-refractivity contribution in [3.8, 4) is 0 Å². The predicted octanol–water partition coefficient (Wildman–Crippen LogP) is 3.45. The van der Waals surface area contributed by atoms with Crippen molar-refractivity contribution in [3.63, 3.8) is 0 Å². The van der Waals surface area contributed by atoms with Crippen molar-refractivity contribution in [2.24, 2.45) is 5.92 Å². The molecule has 0 unspecified atom stereocenters. The fourth-order valence-corrected chi connectivity index (χ4v) is 3.00. The third-order valence-electron chi connectivity index (χ3n) is 4.43. The van der Waals surface area contributed by atoms with E-state index >= 15 is 0 Å². The van der Waals surface area contributed by atoms with E-state index in [0.717, 1.165) is 0 Å². The number of nitrogens with one attached hydrogen (secondary N) is 1. The number of rotatable bonds is 5. The van der Waals surface area contributed by atoms with Crippen LogP contribution < -0.4 is 5.32 Å². The maximum atomic E-state index is 12.1. The lowest BCUT2D eigenvalue weighted by Gasteiger charge is -2.28. The second-order valence-electron chi connectivity index (χ2n) is 8.08. The fourth-order valence-electron chi connectivity index (χ4n) is 3.00. The van der Waals surface area contributed by atoms with Crippen LogP contribution in [0.3, 0.4) is 0 Å². The first-order valence-electron chi connectivity index (χ1n) is 9.15. The van der Waals surface area contributed by atoms with Gasteiger partial charge in [-0.25, -0.2) is 4.79 Å². The average molecular weight is 407 g/mol. The lowest BCUT2D eigenvalue weighted by molar-refractivity contribution is -0.326. The van der Waals surface area contributed by atoms with Gasteiger partial charge in [0.15, 0.2) is 0 Å². The second-order valence-corrected chi connectivity index (χ2v) is 8.08. The molecule has 3 rings (SSSR count). The zero-order valence-corrected chi connectivity index (χ0v) is 15.9. The number of carbonyl (C=O) groups is 1. The number of alkyl carbamates (subject to hydrolysis) is 1. The maximum Gasteiger partial charge on any atom is 0.522 e. The number of nitrogens with zero attached hydrogens (tertiary/aromatic N) is 2. The minimum atomic E-state index is -4.63. The zero-order chi connectivity index (χ0) is 20.5. The summed E-state index contributed by atoms with van der Waals surface area (Å²) in [7, 11) is 0. The van der Waals surface area contributed by atoms with Gasteiger partial charge in [-0.05, 0) is 46.0 Å². The number of aromatic nitrogens is 2. The van der Waals surface area contributed by atoms with E-state index in [-0.39, 0.29) is 24.5 Å². The molecule has 0 bridgehead atoms. The number of carbonyl (C=O) groups excluding carboxylic acids is 1. The molecule has 2 heterocycles. The molecule has 1 aromatic rings. The summed E-state index contributed by atoms with van der Waals surface area (Å²) in [6.07, 6.45) is -3.81. The topological polar surface area (TPSA) is 95.7 Å². The van der Waals surface area contributed by atoms with E-state index in [1.165, 1.54) is 0 Å². The predicted molar refractivity (Wildman–Crippen MR) is 88.2 cm³/mol. The van der Waals surface area contributed by atoms with Gasteiger partial charge in [0.05, 0.1) is 19.3 Å². The van der Waals surface area contributed by atoms with Crippen LogP contribution in [0.25, 0.3) is 0 Å². The smallest absolute Gasteiger partial charge is 0.444 e. The third kappa shape index (κ3) is 6.06. The van der Waals surface area contributed by atoms with Crippen LogP contribution in [0.1, 0.15) is 63.8 Å². The molecule has 8 nitrogen and oxygen atoms in total. The summed E-state index contributed by atoms with van der Waals surface area (Å²) in [5.74, 6) is 0.120. The standard InChI is InChI=1S/C17H24F3N3O5/c1-16(2,3)28-15(24)21-10-4-5-12(25-8-10)14-23-22-13(27-14)11-6-9(11)7-26-17(18,19)20/h9-12H,4-8H2,1-3H3,(H,21,24)/t9-,10+,11+,12-/m0/s1. The Bertz CT molecular complexity index is 680. The molecule has 1 saturated carbocycles. The van der Waals surface area contributed by atoms with E-state index in [2.05, 4.69) is 20.3 Å². The average Bonchev–Trinajstić information content (AvgIpc) is 3.18. The summed E-state index contributed by atoms with van der Waals surface area (Å²) in [6.45, 7) is 5.21. The van der Waals surface area contributed by atoms with Crippen LogP contribution >= 0.6 is 0 Å². The van der Waals surface area contributed by atoms with Crippen LogP contribution in [0.2, 0.25) is 0 Å². The molecule has 1 N–H and O–H groups in total. The quantitative estimate of drug-likeness (QED) is 0.799. The minimum Gasteiger partial charge on any atom is -0.444 e. The van der Waals surface area contributed by atoms with Gasteiger partial charge in [-0.2, -0.15) is 0 Å². The van der Waals surface area contributed by atoms with Crippen molar-refractivity contribution in [3.05, 3.63) is 11.8 Å². The molecule has 158 valence electrons. The number of amides is 1. The number of hydrogen-bond donors (Lipinski definition) is 1. The largest absolute Gasteiger partial charge is 0.522 e. The summed E-state index contributed by atoms with van der Waals surface area (Å²) < 4.78 is 56.6. The van der Waals surface area contributed by atoms with Gasteiger partial charge < -0.3 is 19.2 Å².